The van der Waals surface area contributed by atoms with Gasteiger partial charge in [0.05, 0.1) is 0 Å². The Morgan fingerprint density at radius 3 is 2.40 bits per heavy atom. The summed E-state index contributed by atoms with van der Waals surface area (Å²) in [6.45, 7) is 0.268. The van der Waals surface area contributed by atoms with Gasteiger partial charge in [-0.2, -0.15) is 4.31 Å². The largest absolute Gasteiger partial charge is 0.265 e. The molecule has 2 aromatic heterocycles. The van der Waals surface area contributed by atoms with Gasteiger partial charge in [0.1, 0.15) is 0 Å². The fourth-order valence-corrected chi connectivity index (χ4v) is 2.85. The second-order valence-electron chi connectivity index (χ2n) is 4.25. The molecule has 0 N–H and O–H groups in total. The van der Waals surface area contributed by atoms with Crippen molar-refractivity contribution >= 4 is 21.6 Å². The summed E-state index contributed by atoms with van der Waals surface area (Å²) in [4.78, 5) is 7.86. The molecule has 5 nitrogen and oxygen atoms in total. The fraction of sp³-hybridized carbons (Fsp3) is 0.231. The van der Waals surface area contributed by atoms with Crippen LogP contribution in [0.4, 0.5) is 0 Å². The highest BCUT2D eigenvalue weighted by Gasteiger charge is 2.22. The zero-order valence-corrected chi connectivity index (χ0v) is 12.5. The van der Waals surface area contributed by atoms with Crippen molar-refractivity contribution in [2.45, 2.75) is 17.5 Å². The maximum atomic E-state index is 12.4. The highest BCUT2D eigenvalue weighted by atomic mass is 35.5. The van der Waals surface area contributed by atoms with E-state index in [2.05, 4.69) is 9.97 Å². The Morgan fingerprint density at radius 1 is 1.15 bits per heavy atom. The third-order valence-corrected chi connectivity index (χ3v) is 4.81. The summed E-state index contributed by atoms with van der Waals surface area (Å²) in [6.07, 6.45) is 4.73. The first kappa shape index (κ1) is 14.9. The first-order chi connectivity index (χ1) is 9.54. The number of pyridine rings is 2. The summed E-state index contributed by atoms with van der Waals surface area (Å²) in [7, 11) is -2.08. The van der Waals surface area contributed by atoms with E-state index in [1.54, 1.807) is 30.6 Å². The van der Waals surface area contributed by atoms with Gasteiger partial charge in [0.2, 0.25) is 0 Å². The Labute approximate surface area is 123 Å². The quantitative estimate of drug-likeness (QED) is 0.793. The van der Waals surface area contributed by atoms with Crippen LogP contribution in [-0.4, -0.2) is 29.7 Å². The van der Waals surface area contributed by atoms with Gasteiger partial charge in [0, 0.05) is 38.1 Å². The van der Waals surface area contributed by atoms with Gasteiger partial charge in [0.15, 0.2) is 5.03 Å². The number of nitrogens with zero attached hydrogens (tertiary/aromatic N) is 3. The molecule has 0 fully saturated rings. The number of rotatable bonds is 5. The highest BCUT2D eigenvalue weighted by molar-refractivity contribution is 7.89. The number of hydrogen-bond acceptors (Lipinski definition) is 4. The number of hydrogen-bond donors (Lipinski definition) is 0. The number of sulfonamides is 1. The van der Waals surface area contributed by atoms with Crippen LogP contribution in [0.15, 0.2) is 47.9 Å². The maximum absolute atomic E-state index is 12.4. The standard InChI is InChI=1S/C13H14ClN3O2S/c1-17(10-11-4-6-15-7-5-11)20(18,19)13-3-2-12(8-14)9-16-13/h2-7,9H,8,10H2,1H3. The van der Waals surface area contributed by atoms with Gasteiger partial charge in [-0.1, -0.05) is 6.07 Å². The number of alkyl halides is 1. The molecule has 7 heteroatoms. The zero-order valence-electron chi connectivity index (χ0n) is 10.9. The third kappa shape index (κ3) is 3.33. The second-order valence-corrected chi connectivity index (χ2v) is 6.51. The lowest BCUT2D eigenvalue weighted by atomic mass is 10.3. The van der Waals surface area contributed by atoms with E-state index in [1.807, 2.05) is 0 Å². The molecule has 0 amide bonds. The van der Waals surface area contributed by atoms with E-state index in [-0.39, 0.29) is 11.6 Å². The topological polar surface area (TPSA) is 63.2 Å². The molecule has 0 atom stereocenters. The molecule has 2 rings (SSSR count). The molecular weight excluding hydrogens is 298 g/mol. The Hall–Kier alpha value is -1.50. The van der Waals surface area contributed by atoms with Crippen molar-refractivity contribution in [2.75, 3.05) is 7.05 Å². The van der Waals surface area contributed by atoms with E-state index in [4.69, 9.17) is 11.6 Å². The molecule has 0 aliphatic rings. The second kappa shape index (κ2) is 6.30. The van der Waals surface area contributed by atoms with Gasteiger partial charge >= 0.3 is 0 Å². The zero-order chi connectivity index (χ0) is 14.6. The van der Waals surface area contributed by atoms with Crippen LogP contribution < -0.4 is 0 Å². The van der Waals surface area contributed by atoms with E-state index in [0.717, 1.165) is 11.1 Å². The van der Waals surface area contributed by atoms with Crippen LogP contribution in [0.25, 0.3) is 0 Å². The molecule has 2 heterocycles. The van der Waals surface area contributed by atoms with Gasteiger partial charge < -0.3 is 0 Å². The average Bonchev–Trinajstić information content (AvgIpc) is 2.48. The van der Waals surface area contributed by atoms with Crippen LogP contribution in [0.1, 0.15) is 11.1 Å². The molecule has 0 bridgehead atoms. The normalized spacial score (nSPS) is 11.8. The van der Waals surface area contributed by atoms with Crippen molar-refractivity contribution in [1.82, 2.24) is 14.3 Å². The van der Waals surface area contributed by atoms with Crippen molar-refractivity contribution in [1.29, 1.82) is 0 Å². The molecule has 0 saturated heterocycles. The molecule has 0 aliphatic heterocycles. The van der Waals surface area contributed by atoms with Crippen molar-refractivity contribution in [3.05, 3.63) is 54.0 Å². The van der Waals surface area contributed by atoms with E-state index in [1.165, 1.54) is 23.6 Å². The Kier molecular flexibility index (Phi) is 4.69. The Balaban J connectivity index is 2.20. The van der Waals surface area contributed by atoms with Crippen LogP contribution in [0.2, 0.25) is 0 Å². The molecule has 2 aromatic rings. The van der Waals surface area contributed by atoms with Gasteiger partial charge in [-0.25, -0.2) is 13.4 Å². The van der Waals surface area contributed by atoms with Crippen LogP contribution >= 0.6 is 11.6 Å². The molecule has 0 aromatic carbocycles. The Bertz CT molecular complexity index is 660. The van der Waals surface area contributed by atoms with Crippen LogP contribution in [0.5, 0.6) is 0 Å². The number of halogens is 1. The average molecular weight is 312 g/mol. The molecule has 0 saturated carbocycles. The lowest BCUT2D eigenvalue weighted by Crippen LogP contribution is -2.27. The predicted octanol–water partition coefficient (Wildman–Crippen LogP) is 2.04. The van der Waals surface area contributed by atoms with Crippen molar-refractivity contribution in [3.63, 3.8) is 0 Å². The minimum Gasteiger partial charge on any atom is -0.265 e. The maximum Gasteiger partial charge on any atom is 0.260 e. The predicted molar refractivity (Wildman–Crippen MR) is 76.7 cm³/mol. The summed E-state index contributed by atoms with van der Waals surface area (Å²) < 4.78 is 26.0. The summed E-state index contributed by atoms with van der Waals surface area (Å²) in [5.41, 5.74) is 1.64. The lowest BCUT2D eigenvalue weighted by Gasteiger charge is -2.16. The van der Waals surface area contributed by atoms with E-state index in [9.17, 15) is 8.42 Å². The van der Waals surface area contributed by atoms with Crippen LogP contribution in [0.3, 0.4) is 0 Å². The summed E-state index contributed by atoms with van der Waals surface area (Å²) in [6, 6.07) is 6.68. The summed E-state index contributed by atoms with van der Waals surface area (Å²) in [5, 5.41) is 0.0166. The van der Waals surface area contributed by atoms with E-state index >= 15 is 0 Å². The smallest absolute Gasteiger partial charge is 0.260 e. The molecule has 20 heavy (non-hydrogen) atoms. The van der Waals surface area contributed by atoms with Gasteiger partial charge in [-0.05, 0) is 29.3 Å². The highest BCUT2D eigenvalue weighted by Crippen LogP contribution is 2.15. The van der Waals surface area contributed by atoms with Crippen LogP contribution in [0, 0.1) is 0 Å². The molecule has 106 valence electrons. The third-order valence-electron chi connectivity index (χ3n) is 2.78. The van der Waals surface area contributed by atoms with E-state index < -0.39 is 10.0 Å². The van der Waals surface area contributed by atoms with Crippen LogP contribution in [-0.2, 0) is 22.4 Å². The van der Waals surface area contributed by atoms with Gasteiger partial charge in [-0.3, -0.25) is 4.98 Å². The van der Waals surface area contributed by atoms with Crippen molar-refractivity contribution in [2.24, 2.45) is 0 Å². The van der Waals surface area contributed by atoms with Gasteiger partial charge in [0.25, 0.3) is 10.0 Å². The molecule has 0 unspecified atom stereocenters. The number of aromatic nitrogens is 2. The summed E-state index contributed by atoms with van der Waals surface area (Å²) in [5.74, 6) is 0.306. The first-order valence-electron chi connectivity index (χ1n) is 5.90. The lowest BCUT2D eigenvalue weighted by molar-refractivity contribution is 0.463. The minimum absolute atomic E-state index is 0.0166. The SMILES string of the molecule is CN(Cc1ccncc1)S(=O)(=O)c1ccc(CCl)cn1. The monoisotopic (exact) mass is 311 g/mol. The van der Waals surface area contributed by atoms with E-state index in [0.29, 0.717) is 5.88 Å². The van der Waals surface area contributed by atoms with Crippen molar-refractivity contribution < 1.29 is 8.42 Å². The van der Waals surface area contributed by atoms with Crippen molar-refractivity contribution in [3.8, 4) is 0 Å². The van der Waals surface area contributed by atoms with Gasteiger partial charge in [-0.15, -0.1) is 11.6 Å². The minimum atomic E-state index is -3.60. The molecule has 0 aliphatic carbocycles. The molecular formula is C13H14ClN3O2S. The molecule has 0 radical (unpaired) electrons. The Morgan fingerprint density at radius 2 is 1.85 bits per heavy atom. The molecule has 0 spiro atoms. The summed E-state index contributed by atoms with van der Waals surface area (Å²) >= 11 is 5.66. The fourth-order valence-electron chi connectivity index (χ4n) is 1.63. The first-order valence-corrected chi connectivity index (χ1v) is 7.87.